The maximum atomic E-state index is 13.2. The summed E-state index contributed by atoms with van der Waals surface area (Å²) in [6, 6.07) is 8.11. The first-order chi connectivity index (χ1) is 18.9. The van der Waals surface area contributed by atoms with Crippen LogP contribution in [-0.4, -0.2) is 23.1 Å². The van der Waals surface area contributed by atoms with Crippen molar-refractivity contribution < 1.29 is 19.2 Å². The van der Waals surface area contributed by atoms with Gasteiger partial charge in [0.15, 0.2) is 0 Å². The van der Waals surface area contributed by atoms with Gasteiger partial charge in [0.05, 0.1) is 0 Å². The van der Waals surface area contributed by atoms with Gasteiger partial charge in [-0.25, -0.2) is 0 Å². The van der Waals surface area contributed by atoms with E-state index < -0.39 is 0 Å². The molecule has 40 heavy (non-hydrogen) atoms. The van der Waals surface area contributed by atoms with Gasteiger partial charge in [0.2, 0.25) is 0 Å². The van der Waals surface area contributed by atoms with E-state index in [4.69, 9.17) is 0 Å². The predicted molar refractivity (Wildman–Crippen MR) is 171 cm³/mol. The molecule has 0 heterocycles. The molecule has 0 N–H and O–H groups in total. The van der Waals surface area contributed by atoms with Crippen LogP contribution in [0.5, 0.6) is 0 Å². The van der Waals surface area contributed by atoms with Crippen molar-refractivity contribution >= 4 is 23.1 Å². The van der Waals surface area contributed by atoms with E-state index in [2.05, 4.69) is 20.4 Å². The molecule has 0 bridgehead atoms. The third kappa shape index (κ3) is 20.5. The van der Waals surface area contributed by atoms with Crippen LogP contribution in [0.1, 0.15) is 137 Å². The summed E-state index contributed by atoms with van der Waals surface area (Å²) in [6.45, 7) is 21.3. The molecule has 1 rings (SSSR count). The predicted octanol–water partition coefficient (Wildman–Crippen LogP) is 9.64. The molecule has 1 aromatic rings. The van der Waals surface area contributed by atoms with E-state index in [-0.39, 0.29) is 47.9 Å². The third-order valence-electron chi connectivity index (χ3n) is 7.02. The van der Waals surface area contributed by atoms with Crippen molar-refractivity contribution in [2.24, 2.45) is 17.8 Å². The molecule has 0 fully saturated rings. The van der Waals surface area contributed by atoms with Crippen LogP contribution in [0.3, 0.4) is 0 Å². The second kappa shape index (κ2) is 24.4. The summed E-state index contributed by atoms with van der Waals surface area (Å²) < 4.78 is 0. The van der Waals surface area contributed by atoms with E-state index in [1.807, 2.05) is 58.9 Å². The van der Waals surface area contributed by atoms with Crippen molar-refractivity contribution in [3.63, 3.8) is 0 Å². The Morgan fingerprint density at radius 1 is 0.750 bits per heavy atom. The van der Waals surface area contributed by atoms with Crippen LogP contribution in [0.4, 0.5) is 0 Å². The van der Waals surface area contributed by atoms with Crippen molar-refractivity contribution in [3.05, 3.63) is 47.5 Å². The molecular formula is C36H60O4. The Hall–Kier alpha value is -2.36. The number of hydrogen-bond donors (Lipinski definition) is 0. The SMILES string of the molecule is C=C(C)C[C@H](C)C(=O)C[C@H](CCCCC)C(=O)C[C@@H](Cc1ccc(C)cc1)C(C)=O.CC.CCCCCC(C)=O. The minimum Gasteiger partial charge on any atom is -0.300 e. The minimum absolute atomic E-state index is 0.0400. The molecule has 0 unspecified atom stereocenters. The average Bonchev–Trinajstić information content (AvgIpc) is 2.90. The molecule has 0 spiro atoms. The lowest BCUT2D eigenvalue weighted by atomic mass is 9.82. The number of Topliss-reactive ketones (excluding diaryl/α,β-unsaturated/α-hetero) is 4. The average molecular weight is 557 g/mol. The van der Waals surface area contributed by atoms with E-state index in [0.717, 1.165) is 49.7 Å². The standard InChI is InChI=1S/C27H40O3.C7H14O.C2H6/c1-7-8-9-10-24(17-26(29)21(5)15-19(2)3)27(30)18-25(22(6)28)16-23-13-11-20(4)12-14-23;1-3-4-5-6-7(2)8;1-2/h11-14,21,24-25H,2,7-10,15-18H2,1,3-6H3;3-6H2,1-2H3;1-2H3/t21-,24-,25+;;/m0../s1. The van der Waals surface area contributed by atoms with Gasteiger partial charge in [-0.2, -0.15) is 0 Å². The summed E-state index contributed by atoms with van der Waals surface area (Å²) in [4.78, 5) is 48.4. The first-order valence-corrected chi connectivity index (χ1v) is 15.7. The molecular weight excluding hydrogens is 496 g/mol. The number of carbonyl (C=O) groups excluding carboxylic acids is 4. The van der Waals surface area contributed by atoms with Gasteiger partial charge in [0.25, 0.3) is 0 Å². The van der Waals surface area contributed by atoms with E-state index in [9.17, 15) is 19.2 Å². The van der Waals surface area contributed by atoms with Gasteiger partial charge in [-0.05, 0) is 58.9 Å². The Morgan fingerprint density at radius 3 is 1.75 bits per heavy atom. The lowest BCUT2D eigenvalue weighted by molar-refractivity contribution is -0.132. The largest absolute Gasteiger partial charge is 0.300 e. The van der Waals surface area contributed by atoms with Gasteiger partial charge in [-0.15, -0.1) is 6.58 Å². The molecule has 0 radical (unpaired) electrons. The number of hydrogen-bond acceptors (Lipinski definition) is 4. The van der Waals surface area contributed by atoms with Crippen molar-refractivity contribution in [3.8, 4) is 0 Å². The van der Waals surface area contributed by atoms with Crippen LogP contribution in [0.15, 0.2) is 36.4 Å². The molecule has 0 aliphatic carbocycles. The normalized spacial score (nSPS) is 12.5. The van der Waals surface area contributed by atoms with Gasteiger partial charge >= 0.3 is 0 Å². The number of ketones is 4. The Kier molecular flexibility index (Phi) is 24.3. The van der Waals surface area contributed by atoms with Gasteiger partial charge < -0.3 is 4.79 Å². The molecule has 3 atom stereocenters. The van der Waals surface area contributed by atoms with E-state index in [0.29, 0.717) is 18.6 Å². The summed E-state index contributed by atoms with van der Waals surface area (Å²) in [5.74, 6) is -0.162. The molecule has 0 saturated carbocycles. The highest BCUT2D eigenvalue weighted by Crippen LogP contribution is 2.25. The fourth-order valence-corrected chi connectivity index (χ4v) is 4.50. The summed E-state index contributed by atoms with van der Waals surface area (Å²) in [7, 11) is 0. The number of carbonyl (C=O) groups is 4. The zero-order chi connectivity index (χ0) is 31.1. The first kappa shape index (κ1) is 39.8. The van der Waals surface area contributed by atoms with Gasteiger partial charge in [0.1, 0.15) is 23.1 Å². The highest BCUT2D eigenvalue weighted by molar-refractivity contribution is 5.91. The fourth-order valence-electron chi connectivity index (χ4n) is 4.50. The molecule has 1 aromatic carbocycles. The fraction of sp³-hybridized carbons (Fsp3) is 0.667. The highest BCUT2D eigenvalue weighted by atomic mass is 16.1. The summed E-state index contributed by atoms with van der Waals surface area (Å²) in [5, 5.41) is 0. The Labute approximate surface area is 246 Å². The quantitative estimate of drug-likeness (QED) is 0.126. The summed E-state index contributed by atoms with van der Waals surface area (Å²) in [6.07, 6.45) is 9.79. The van der Waals surface area contributed by atoms with Crippen molar-refractivity contribution in [2.75, 3.05) is 0 Å². The third-order valence-corrected chi connectivity index (χ3v) is 7.02. The second-order valence-electron chi connectivity index (χ2n) is 11.3. The zero-order valence-corrected chi connectivity index (χ0v) is 27.4. The summed E-state index contributed by atoms with van der Waals surface area (Å²) in [5.41, 5.74) is 3.23. The second-order valence-corrected chi connectivity index (χ2v) is 11.3. The van der Waals surface area contributed by atoms with Crippen LogP contribution in [-0.2, 0) is 25.6 Å². The molecule has 0 saturated heterocycles. The Morgan fingerprint density at radius 2 is 1.27 bits per heavy atom. The van der Waals surface area contributed by atoms with Crippen molar-refractivity contribution in [2.45, 2.75) is 139 Å². The Balaban J connectivity index is 0. The van der Waals surface area contributed by atoms with E-state index in [1.165, 1.54) is 18.4 Å². The molecule has 4 heteroatoms. The molecule has 228 valence electrons. The zero-order valence-electron chi connectivity index (χ0n) is 27.4. The van der Waals surface area contributed by atoms with Crippen LogP contribution in [0.2, 0.25) is 0 Å². The highest BCUT2D eigenvalue weighted by Gasteiger charge is 2.28. The first-order valence-electron chi connectivity index (χ1n) is 15.7. The van der Waals surface area contributed by atoms with Crippen LogP contribution >= 0.6 is 0 Å². The molecule has 0 aliphatic heterocycles. The molecule has 4 nitrogen and oxygen atoms in total. The van der Waals surface area contributed by atoms with E-state index in [1.54, 1.807) is 13.8 Å². The van der Waals surface area contributed by atoms with Gasteiger partial charge in [0, 0.05) is 37.0 Å². The molecule has 0 aliphatic rings. The van der Waals surface area contributed by atoms with Crippen LogP contribution < -0.4 is 0 Å². The minimum atomic E-state index is -0.322. The maximum absolute atomic E-state index is 13.2. The topological polar surface area (TPSA) is 68.3 Å². The number of benzene rings is 1. The molecule has 0 aromatic heterocycles. The summed E-state index contributed by atoms with van der Waals surface area (Å²) >= 11 is 0. The Bertz CT molecular complexity index is 865. The smallest absolute Gasteiger partial charge is 0.137 e. The number of aryl methyl sites for hydroxylation is 1. The monoisotopic (exact) mass is 556 g/mol. The van der Waals surface area contributed by atoms with Crippen molar-refractivity contribution in [1.82, 2.24) is 0 Å². The van der Waals surface area contributed by atoms with Crippen molar-refractivity contribution in [1.29, 1.82) is 0 Å². The maximum Gasteiger partial charge on any atom is 0.137 e. The van der Waals surface area contributed by atoms with Gasteiger partial charge in [-0.1, -0.05) is 102 Å². The van der Waals surface area contributed by atoms with E-state index >= 15 is 0 Å². The number of rotatable bonds is 19. The van der Waals surface area contributed by atoms with Crippen LogP contribution in [0.25, 0.3) is 0 Å². The number of unbranched alkanes of at least 4 members (excludes halogenated alkanes) is 4. The lowest BCUT2D eigenvalue weighted by Gasteiger charge is -2.20. The lowest BCUT2D eigenvalue weighted by Crippen LogP contribution is -2.26. The molecule has 0 amide bonds. The number of allylic oxidation sites excluding steroid dienone is 1. The van der Waals surface area contributed by atoms with Gasteiger partial charge in [-0.3, -0.25) is 14.4 Å². The van der Waals surface area contributed by atoms with Crippen LogP contribution in [0, 0.1) is 24.7 Å².